The van der Waals surface area contributed by atoms with E-state index in [1.165, 1.54) is 12.8 Å². The van der Waals surface area contributed by atoms with E-state index in [9.17, 15) is 5.11 Å². The van der Waals surface area contributed by atoms with Crippen LogP contribution in [0.5, 0.6) is 0 Å². The van der Waals surface area contributed by atoms with Crippen LogP contribution in [0.4, 0.5) is 11.6 Å². The number of aliphatic hydroxyl groups is 1. The highest BCUT2D eigenvalue weighted by Gasteiger charge is 2.25. The first-order chi connectivity index (χ1) is 9.17. The second kappa shape index (κ2) is 6.64. The molecule has 6 heteroatoms. The fourth-order valence-electron chi connectivity index (χ4n) is 2.62. The Hall–Kier alpha value is -0.710. The lowest BCUT2D eigenvalue weighted by Gasteiger charge is -2.30. The summed E-state index contributed by atoms with van der Waals surface area (Å²) in [5.74, 6) is 1.32. The van der Waals surface area contributed by atoms with E-state index in [0.717, 1.165) is 12.8 Å². The van der Waals surface area contributed by atoms with Crippen molar-refractivity contribution in [2.24, 2.45) is 0 Å². The first-order valence-corrected chi connectivity index (χ1v) is 7.34. The average Bonchev–Trinajstić information content (AvgIpc) is 2.90. The highest BCUT2D eigenvalue weighted by molar-refractivity contribution is 6.37. The van der Waals surface area contributed by atoms with Gasteiger partial charge in [-0.3, -0.25) is 0 Å². The molecule has 1 aromatic heterocycles. The molecule has 0 radical (unpaired) electrons. The van der Waals surface area contributed by atoms with Gasteiger partial charge in [0, 0.05) is 19.6 Å². The summed E-state index contributed by atoms with van der Waals surface area (Å²) in [6.45, 7) is 0.633. The number of rotatable bonds is 5. The maximum Gasteiger partial charge on any atom is 0.150 e. The molecule has 1 heterocycles. The average molecular weight is 304 g/mol. The van der Waals surface area contributed by atoms with Crippen molar-refractivity contribution < 1.29 is 5.11 Å². The van der Waals surface area contributed by atoms with Gasteiger partial charge in [-0.05, 0) is 18.9 Å². The van der Waals surface area contributed by atoms with Crippen molar-refractivity contribution in [1.82, 2.24) is 4.98 Å². The van der Waals surface area contributed by atoms with E-state index in [0.29, 0.717) is 34.3 Å². The number of halogens is 2. The van der Waals surface area contributed by atoms with E-state index in [4.69, 9.17) is 23.2 Å². The lowest BCUT2D eigenvalue weighted by atomic mass is 10.2. The Bertz CT molecular complexity index is 436. The molecular weight excluding hydrogens is 285 g/mol. The van der Waals surface area contributed by atoms with E-state index >= 15 is 0 Å². The zero-order chi connectivity index (χ0) is 13.8. The molecule has 0 bridgehead atoms. The summed E-state index contributed by atoms with van der Waals surface area (Å²) in [5, 5.41) is 13.3. The van der Waals surface area contributed by atoms with E-state index in [1.54, 1.807) is 13.1 Å². The van der Waals surface area contributed by atoms with Gasteiger partial charge in [-0.25, -0.2) is 4.98 Å². The monoisotopic (exact) mass is 303 g/mol. The van der Waals surface area contributed by atoms with Crippen LogP contribution in [0, 0.1) is 0 Å². The summed E-state index contributed by atoms with van der Waals surface area (Å²) >= 11 is 12.3. The van der Waals surface area contributed by atoms with Crippen LogP contribution in [0.15, 0.2) is 6.07 Å². The fourth-order valence-corrected chi connectivity index (χ4v) is 3.18. The standard InChI is InChI=1S/C13H19Cl2N3O/c1-16-12-10(14)8-11(15)13(17-12)18(6-7-19)9-4-2-3-5-9/h8-9,19H,2-7H2,1H3,(H,16,17). The molecule has 0 spiro atoms. The second-order valence-electron chi connectivity index (χ2n) is 4.73. The summed E-state index contributed by atoms with van der Waals surface area (Å²) < 4.78 is 0. The highest BCUT2D eigenvalue weighted by atomic mass is 35.5. The maximum atomic E-state index is 9.28. The van der Waals surface area contributed by atoms with Gasteiger partial charge in [0.2, 0.25) is 0 Å². The van der Waals surface area contributed by atoms with Gasteiger partial charge in [0.1, 0.15) is 11.6 Å². The lowest BCUT2D eigenvalue weighted by molar-refractivity contribution is 0.297. The number of aromatic nitrogens is 1. The first kappa shape index (κ1) is 14.7. The van der Waals surface area contributed by atoms with Crippen molar-refractivity contribution in [2.45, 2.75) is 31.7 Å². The number of hydrogen-bond acceptors (Lipinski definition) is 4. The largest absolute Gasteiger partial charge is 0.395 e. The van der Waals surface area contributed by atoms with Gasteiger partial charge in [-0.2, -0.15) is 0 Å². The third kappa shape index (κ3) is 3.25. The minimum Gasteiger partial charge on any atom is -0.395 e. The fraction of sp³-hybridized carbons (Fsp3) is 0.615. The smallest absolute Gasteiger partial charge is 0.150 e. The van der Waals surface area contributed by atoms with E-state index in [-0.39, 0.29) is 6.61 Å². The number of aliphatic hydroxyl groups excluding tert-OH is 1. The van der Waals surface area contributed by atoms with Gasteiger partial charge in [0.15, 0.2) is 0 Å². The Kier molecular flexibility index (Phi) is 5.13. The first-order valence-electron chi connectivity index (χ1n) is 6.58. The third-order valence-corrected chi connectivity index (χ3v) is 4.09. The van der Waals surface area contributed by atoms with Crippen molar-refractivity contribution in [1.29, 1.82) is 0 Å². The molecule has 0 saturated heterocycles. The van der Waals surface area contributed by atoms with Crippen LogP contribution in [0.2, 0.25) is 10.0 Å². The summed E-state index contributed by atoms with van der Waals surface area (Å²) in [4.78, 5) is 6.60. The number of nitrogens with zero attached hydrogens (tertiary/aromatic N) is 2. The molecule has 0 aromatic carbocycles. The lowest BCUT2D eigenvalue weighted by Crippen LogP contribution is -2.36. The zero-order valence-corrected chi connectivity index (χ0v) is 12.5. The molecule has 0 atom stereocenters. The second-order valence-corrected chi connectivity index (χ2v) is 5.54. The summed E-state index contributed by atoms with van der Waals surface area (Å²) in [5.41, 5.74) is 0. The predicted molar refractivity (Wildman–Crippen MR) is 80.5 cm³/mol. The van der Waals surface area contributed by atoms with Crippen molar-refractivity contribution in [3.63, 3.8) is 0 Å². The Labute approximate surface area is 123 Å². The predicted octanol–water partition coefficient (Wildman–Crippen LogP) is 3.17. The summed E-state index contributed by atoms with van der Waals surface area (Å²) in [6.07, 6.45) is 4.68. The van der Waals surface area contributed by atoms with Crippen LogP contribution in [-0.4, -0.2) is 36.3 Å². The Balaban J connectivity index is 2.34. The molecule has 1 aromatic rings. The molecular formula is C13H19Cl2N3O. The number of hydrogen-bond donors (Lipinski definition) is 2. The summed E-state index contributed by atoms with van der Waals surface area (Å²) in [7, 11) is 1.78. The van der Waals surface area contributed by atoms with E-state index in [1.807, 2.05) is 0 Å². The van der Waals surface area contributed by atoms with Crippen LogP contribution in [0.3, 0.4) is 0 Å². The van der Waals surface area contributed by atoms with Crippen molar-refractivity contribution in [3.05, 3.63) is 16.1 Å². The molecule has 1 aliphatic carbocycles. The van der Waals surface area contributed by atoms with Gasteiger partial charge in [-0.1, -0.05) is 36.0 Å². The van der Waals surface area contributed by atoms with Gasteiger partial charge < -0.3 is 15.3 Å². The van der Waals surface area contributed by atoms with Crippen LogP contribution >= 0.6 is 23.2 Å². The number of anilines is 2. The van der Waals surface area contributed by atoms with Crippen molar-refractivity contribution >= 4 is 34.8 Å². The Morgan fingerprint density at radius 2 is 2.05 bits per heavy atom. The molecule has 0 unspecified atom stereocenters. The molecule has 0 aliphatic heterocycles. The van der Waals surface area contributed by atoms with E-state index < -0.39 is 0 Å². The molecule has 0 amide bonds. The molecule has 4 nitrogen and oxygen atoms in total. The van der Waals surface area contributed by atoms with Crippen LogP contribution in [0.25, 0.3) is 0 Å². The molecule has 1 saturated carbocycles. The topological polar surface area (TPSA) is 48.4 Å². The highest BCUT2D eigenvalue weighted by Crippen LogP contribution is 2.35. The maximum absolute atomic E-state index is 9.28. The molecule has 2 N–H and O–H groups in total. The molecule has 1 fully saturated rings. The minimum atomic E-state index is 0.0893. The van der Waals surface area contributed by atoms with Gasteiger partial charge >= 0.3 is 0 Å². The van der Waals surface area contributed by atoms with Crippen LogP contribution in [-0.2, 0) is 0 Å². The zero-order valence-electron chi connectivity index (χ0n) is 11.0. The molecule has 1 aliphatic rings. The van der Waals surface area contributed by atoms with Crippen LogP contribution in [0.1, 0.15) is 25.7 Å². The molecule has 106 valence electrons. The van der Waals surface area contributed by atoms with Crippen LogP contribution < -0.4 is 10.2 Å². The SMILES string of the molecule is CNc1nc(N(CCO)C2CCCC2)c(Cl)cc1Cl. The molecule has 2 rings (SSSR count). The van der Waals surface area contributed by atoms with Crippen molar-refractivity contribution in [2.75, 3.05) is 30.4 Å². The van der Waals surface area contributed by atoms with E-state index in [2.05, 4.69) is 15.2 Å². The number of pyridine rings is 1. The Morgan fingerprint density at radius 3 is 2.63 bits per heavy atom. The summed E-state index contributed by atoms with van der Waals surface area (Å²) in [6, 6.07) is 2.11. The quantitative estimate of drug-likeness (QED) is 0.877. The third-order valence-electron chi connectivity index (χ3n) is 3.53. The Morgan fingerprint density at radius 1 is 1.37 bits per heavy atom. The minimum absolute atomic E-state index is 0.0893. The normalized spacial score (nSPS) is 15.8. The molecule has 19 heavy (non-hydrogen) atoms. The number of nitrogens with one attached hydrogen (secondary N) is 1. The van der Waals surface area contributed by atoms with Gasteiger partial charge in [0.25, 0.3) is 0 Å². The van der Waals surface area contributed by atoms with Gasteiger partial charge in [0.05, 0.1) is 16.7 Å². The van der Waals surface area contributed by atoms with Gasteiger partial charge in [-0.15, -0.1) is 0 Å². The van der Waals surface area contributed by atoms with Crippen molar-refractivity contribution in [3.8, 4) is 0 Å².